The normalized spacial score (nSPS) is 16.0. The Morgan fingerprint density at radius 3 is 2.40 bits per heavy atom. The van der Waals surface area contributed by atoms with Gasteiger partial charge in [0.05, 0.1) is 17.4 Å². The van der Waals surface area contributed by atoms with Crippen molar-refractivity contribution in [2.45, 2.75) is 19.4 Å². The number of benzene rings is 2. The van der Waals surface area contributed by atoms with Crippen molar-refractivity contribution in [3.05, 3.63) is 94.8 Å². The highest BCUT2D eigenvalue weighted by Crippen LogP contribution is 2.37. The van der Waals surface area contributed by atoms with Crippen molar-refractivity contribution in [3.63, 3.8) is 0 Å². The smallest absolute Gasteiger partial charge is 0.240 e. The van der Waals surface area contributed by atoms with Crippen LogP contribution >= 0.6 is 11.3 Å². The summed E-state index contributed by atoms with van der Waals surface area (Å²) in [4.78, 5) is 13.5. The van der Waals surface area contributed by atoms with Gasteiger partial charge in [-0.15, -0.1) is 11.3 Å². The van der Waals surface area contributed by atoms with Crippen molar-refractivity contribution in [3.8, 4) is 16.9 Å². The fourth-order valence-corrected chi connectivity index (χ4v) is 4.58. The summed E-state index contributed by atoms with van der Waals surface area (Å²) in [6.07, 6.45) is 2.69. The summed E-state index contributed by atoms with van der Waals surface area (Å²) >= 11 is 1.65. The van der Waals surface area contributed by atoms with E-state index in [1.54, 1.807) is 23.3 Å². The molecule has 0 fully saturated rings. The van der Waals surface area contributed by atoms with E-state index in [4.69, 9.17) is 10.2 Å². The van der Waals surface area contributed by atoms with Crippen molar-refractivity contribution in [1.82, 2.24) is 14.8 Å². The molecule has 0 N–H and O–H groups in total. The molecular formula is C24H20N4OS. The van der Waals surface area contributed by atoms with Crippen LogP contribution < -0.4 is 0 Å². The molecule has 0 saturated heterocycles. The average molecular weight is 413 g/mol. The summed E-state index contributed by atoms with van der Waals surface area (Å²) in [5.74, 6) is -0.0555. The molecule has 0 saturated carbocycles. The van der Waals surface area contributed by atoms with Gasteiger partial charge in [0, 0.05) is 35.5 Å². The number of amides is 1. The van der Waals surface area contributed by atoms with Crippen LogP contribution in [-0.2, 0) is 4.79 Å². The van der Waals surface area contributed by atoms with Gasteiger partial charge in [-0.2, -0.15) is 10.2 Å². The summed E-state index contributed by atoms with van der Waals surface area (Å²) in [5.41, 5.74) is 4.71. The lowest BCUT2D eigenvalue weighted by Crippen LogP contribution is -2.23. The molecule has 0 aliphatic carbocycles. The Bertz CT molecular complexity index is 1200. The summed E-state index contributed by atoms with van der Waals surface area (Å²) in [6, 6.07) is 24.2. The van der Waals surface area contributed by atoms with Crippen LogP contribution in [0.5, 0.6) is 0 Å². The van der Waals surface area contributed by atoms with Crippen LogP contribution in [0.15, 0.2) is 89.5 Å². The fraction of sp³-hybridized carbons (Fsp3) is 0.125. The second-order valence-electron chi connectivity index (χ2n) is 7.18. The molecule has 2 aromatic carbocycles. The number of carbonyl (C=O) groups excluding carboxylic acids is 1. The van der Waals surface area contributed by atoms with Crippen LogP contribution in [0.3, 0.4) is 0 Å². The van der Waals surface area contributed by atoms with Crippen molar-refractivity contribution < 1.29 is 4.79 Å². The van der Waals surface area contributed by atoms with Gasteiger partial charge < -0.3 is 0 Å². The first-order valence-electron chi connectivity index (χ1n) is 9.82. The minimum atomic E-state index is -0.0683. The molecule has 0 bridgehead atoms. The van der Waals surface area contributed by atoms with Gasteiger partial charge in [0.1, 0.15) is 5.69 Å². The molecule has 6 heteroatoms. The first-order valence-corrected chi connectivity index (χ1v) is 10.7. The third-order valence-corrected chi connectivity index (χ3v) is 6.17. The van der Waals surface area contributed by atoms with E-state index in [9.17, 15) is 4.79 Å². The minimum Gasteiger partial charge on any atom is -0.273 e. The maximum Gasteiger partial charge on any atom is 0.240 e. The van der Waals surface area contributed by atoms with Crippen LogP contribution in [0.2, 0.25) is 0 Å². The molecule has 1 atom stereocenters. The summed E-state index contributed by atoms with van der Waals surface area (Å²) in [7, 11) is 0. The molecule has 1 amide bonds. The molecule has 1 aliphatic rings. The quantitative estimate of drug-likeness (QED) is 0.457. The zero-order valence-corrected chi connectivity index (χ0v) is 17.3. The number of rotatable bonds is 4. The molecule has 2 aromatic heterocycles. The van der Waals surface area contributed by atoms with Crippen molar-refractivity contribution >= 4 is 23.0 Å². The van der Waals surface area contributed by atoms with Crippen molar-refractivity contribution in [2.75, 3.05) is 0 Å². The van der Waals surface area contributed by atoms with Gasteiger partial charge in [-0.3, -0.25) is 4.79 Å². The van der Waals surface area contributed by atoms with E-state index < -0.39 is 0 Å². The van der Waals surface area contributed by atoms with E-state index in [2.05, 4.69) is 18.2 Å². The van der Waals surface area contributed by atoms with Crippen LogP contribution in [0.1, 0.15) is 29.8 Å². The van der Waals surface area contributed by atoms with Crippen molar-refractivity contribution in [1.29, 1.82) is 0 Å². The van der Waals surface area contributed by atoms with Crippen LogP contribution in [0.4, 0.5) is 0 Å². The minimum absolute atomic E-state index is 0.0555. The third-order valence-electron chi connectivity index (χ3n) is 5.20. The standard InChI is InChI=1S/C24H20N4OS/c1-17(29)28-22(23-13-8-14-30-23)15-21(25-28)20-16-27(19-11-6-3-7-12-19)26-24(20)18-9-4-2-5-10-18/h2-14,16,22H,15H2,1H3. The second-order valence-corrected chi connectivity index (χ2v) is 8.16. The monoisotopic (exact) mass is 412 g/mol. The summed E-state index contributed by atoms with van der Waals surface area (Å²) < 4.78 is 1.89. The van der Waals surface area contributed by atoms with Crippen molar-refractivity contribution in [2.24, 2.45) is 5.10 Å². The number of carbonyl (C=O) groups is 1. The fourth-order valence-electron chi connectivity index (χ4n) is 3.77. The predicted octanol–water partition coefficient (Wildman–Crippen LogP) is 5.30. The highest BCUT2D eigenvalue weighted by Gasteiger charge is 2.33. The molecule has 0 radical (unpaired) electrons. The van der Waals surface area contributed by atoms with Gasteiger partial charge in [0.2, 0.25) is 5.91 Å². The molecule has 3 heterocycles. The maximum absolute atomic E-state index is 12.3. The van der Waals surface area contributed by atoms with Gasteiger partial charge in [0.25, 0.3) is 0 Å². The van der Waals surface area contributed by atoms with E-state index in [1.165, 1.54) is 0 Å². The van der Waals surface area contributed by atoms with Crippen LogP contribution in [-0.4, -0.2) is 26.4 Å². The van der Waals surface area contributed by atoms with E-state index in [0.29, 0.717) is 6.42 Å². The Kier molecular flexibility index (Phi) is 4.77. The largest absolute Gasteiger partial charge is 0.273 e. The first kappa shape index (κ1) is 18.5. The zero-order chi connectivity index (χ0) is 20.5. The number of nitrogens with zero attached hydrogens (tertiary/aromatic N) is 4. The van der Waals surface area contributed by atoms with E-state index in [0.717, 1.165) is 33.1 Å². The Hall–Kier alpha value is -3.51. The lowest BCUT2D eigenvalue weighted by atomic mass is 10.0. The first-order chi connectivity index (χ1) is 14.7. The number of thiophene rings is 1. The van der Waals surface area contributed by atoms with Gasteiger partial charge >= 0.3 is 0 Å². The maximum atomic E-state index is 12.3. The molecule has 1 unspecified atom stereocenters. The molecular weight excluding hydrogens is 392 g/mol. The highest BCUT2D eigenvalue weighted by atomic mass is 32.1. The molecule has 1 aliphatic heterocycles. The molecule has 30 heavy (non-hydrogen) atoms. The molecule has 0 spiro atoms. The average Bonchev–Trinajstić information content (AvgIpc) is 3.53. The number of hydrogen-bond acceptors (Lipinski definition) is 4. The van der Waals surface area contributed by atoms with Gasteiger partial charge in [-0.05, 0) is 23.6 Å². The Labute approximate surface area is 178 Å². The van der Waals surface area contributed by atoms with E-state index >= 15 is 0 Å². The highest BCUT2D eigenvalue weighted by molar-refractivity contribution is 7.10. The SMILES string of the molecule is CC(=O)N1N=C(c2cn(-c3ccccc3)nc2-c2ccccc2)CC1c1cccs1. The third kappa shape index (κ3) is 3.35. The lowest BCUT2D eigenvalue weighted by Gasteiger charge is -2.18. The molecule has 5 rings (SSSR count). The van der Waals surface area contributed by atoms with E-state index in [-0.39, 0.29) is 11.9 Å². The van der Waals surface area contributed by atoms with Gasteiger partial charge in [-0.1, -0.05) is 54.6 Å². The summed E-state index contributed by atoms with van der Waals surface area (Å²) in [5, 5.41) is 13.3. The second kappa shape index (κ2) is 7.72. The molecule has 4 aromatic rings. The van der Waals surface area contributed by atoms with Crippen LogP contribution in [0, 0.1) is 0 Å². The van der Waals surface area contributed by atoms with Gasteiger partial charge in [-0.25, -0.2) is 9.69 Å². The number of para-hydroxylation sites is 1. The number of aromatic nitrogens is 2. The lowest BCUT2D eigenvalue weighted by molar-refractivity contribution is -0.130. The Morgan fingerprint density at radius 1 is 1.00 bits per heavy atom. The van der Waals surface area contributed by atoms with Crippen LogP contribution in [0.25, 0.3) is 16.9 Å². The van der Waals surface area contributed by atoms with E-state index in [1.807, 2.05) is 70.9 Å². The molecule has 148 valence electrons. The topological polar surface area (TPSA) is 50.5 Å². The summed E-state index contributed by atoms with van der Waals surface area (Å²) in [6.45, 7) is 1.57. The Balaban J connectivity index is 1.62. The zero-order valence-electron chi connectivity index (χ0n) is 16.5. The van der Waals surface area contributed by atoms with Gasteiger partial charge in [0.15, 0.2) is 0 Å². The Morgan fingerprint density at radius 2 is 1.73 bits per heavy atom. The number of hydrazone groups is 1. The molecule has 5 nitrogen and oxygen atoms in total. The number of hydrogen-bond donors (Lipinski definition) is 0. The predicted molar refractivity (Wildman–Crippen MR) is 120 cm³/mol.